The van der Waals surface area contributed by atoms with Crippen LogP contribution in [0.5, 0.6) is 5.75 Å². The second-order valence-electron chi connectivity index (χ2n) is 4.00. The third-order valence-corrected chi connectivity index (χ3v) is 2.57. The van der Waals surface area contributed by atoms with E-state index in [0.29, 0.717) is 12.6 Å². The Labute approximate surface area is 97.4 Å². The first-order valence-corrected chi connectivity index (χ1v) is 5.78. The van der Waals surface area contributed by atoms with E-state index >= 15 is 0 Å². The summed E-state index contributed by atoms with van der Waals surface area (Å²) in [6.45, 7) is 6.77. The van der Waals surface area contributed by atoms with Crippen molar-refractivity contribution in [2.75, 3.05) is 18.5 Å². The van der Waals surface area contributed by atoms with Crippen molar-refractivity contribution >= 4 is 5.69 Å². The smallest absolute Gasteiger partial charge is 0.119 e. The molecule has 0 radical (unpaired) electrons. The van der Waals surface area contributed by atoms with Crippen LogP contribution in [-0.2, 0) is 0 Å². The summed E-state index contributed by atoms with van der Waals surface area (Å²) in [6.07, 6.45) is 1.10. The minimum atomic E-state index is 0.0475. The standard InChI is InChI=1S/C13H21NO2/c1-4-11(3)14-13-6-5-12(9-10(13)2)16-8-7-15/h5-6,9,11,14-15H,4,7-8H2,1-3H3. The van der Waals surface area contributed by atoms with E-state index in [1.165, 1.54) is 0 Å². The summed E-state index contributed by atoms with van der Waals surface area (Å²) in [5.41, 5.74) is 2.31. The lowest BCUT2D eigenvalue weighted by Crippen LogP contribution is -2.14. The van der Waals surface area contributed by atoms with Gasteiger partial charge in [0.05, 0.1) is 6.61 Å². The molecule has 1 unspecified atom stereocenters. The summed E-state index contributed by atoms with van der Waals surface area (Å²) in [7, 11) is 0. The molecular formula is C13H21NO2. The summed E-state index contributed by atoms with van der Waals surface area (Å²) in [5.74, 6) is 0.807. The minimum Gasteiger partial charge on any atom is -0.491 e. The number of hydrogen-bond acceptors (Lipinski definition) is 3. The molecule has 3 heteroatoms. The number of benzene rings is 1. The molecule has 0 spiro atoms. The van der Waals surface area contributed by atoms with Gasteiger partial charge in [0.25, 0.3) is 0 Å². The number of ether oxygens (including phenoxy) is 1. The van der Waals surface area contributed by atoms with Crippen LogP contribution in [0.1, 0.15) is 25.8 Å². The van der Waals surface area contributed by atoms with E-state index in [-0.39, 0.29) is 6.61 Å². The lowest BCUT2D eigenvalue weighted by Gasteiger charge is -2.16. The van der Waals surface area contributed by atoms with Crippen molar-refractivity contribution in [3.05, 3.63) is 23.8 Å². The van der Waals surface area contributed by atoms with Crippen molar-refractivity contribution in [1.29, 1.82) is 0 Å². The molecule has 0 amide bonds. The van der Waals surface area contributed by atoms with Crippen LogP contribution in [0.3, 0.4) is 0 Å². The van der Waals surface area contributed by atoms with E-state index < -0.39 is 0 Å². The van der Waals surface area contributed by atoms with Crippen LogP contribution in [-0.4, -0.2) is 24.4 Å². The Bertz CT molecular complexity index is 326. The molecule has 0 saturated carbocycles. The number of anilines is 1. The first-order valence-electron chi connectivity index (χ1n) is 5.78. The van der Waals surface area contributed by atoms with Crippen LogP contribution in [0.2, 0.25) is 0 Å². The highest BCUT2D eigenvalue weighted by Crippen LogP contribution is 2.22. The van der Waals surface area contributed by atoms with Gasteiger partial charge in [-0.2, -0.15) is 0 Å². The molecule has 16 heavy (non-hydrogen) atoms. The molecule has 0 aliphatic heterocycles. The first-order chi connectivity index (χ1) is 7.67. The van der Waals surface area contributed by atoms with Gasteiger partial charge in [-0.25, -0.2) is 0 Å². The van der Waals surface area contributed by atoms with Crippen molar-refractivity contribution in [3.8, 4) is 5.75 Å². The number of rotatable bonds is 6. The van der Waals surface area contributed by atoms with Crippen LogP contribution in [0.4, 0.5) is 5.69 Å². The number of nitrogens with one attached hydrogen (secondary N) is 1. The van der Waals surface area contributed by atoms with Crippen molar-refractivity contribution in [1.82, 2.24) is 0 Å². The average molecular weight is 223 g/mol. The summed E-state index contributed by atoms with van der Waals surface area (Å²) in [5, 5.41) is 12.1. The van der Waals surface area contributed by atoms with E-state index in [0.717, 1.165) is 23.4 Å². The second-order valence-corrected chi connectivity index (χ2v) is 4.00. The van der Waals surface area contributed by atoms with Crippen LogP contribution < -0.4 is 10.1 Å². The van der Waals surface area contributed by atoms with Gasteiger partial charge < -0.3 is 15.2 Å². The molecule has 0 heterocycles. The third kappa shape index (κ3) is 3.74. The van der Waals surface area contributed by atoms with Crippen LogP contribution in [0.15, 0.2) is 18.2 Å². The normalized spacial score (nSPS) is 12.2. The lowest BCUT2D eigenvalue weighted by molar-refractivity contribution is 0.201. The fourth-order valence-electron chi connectivity index (χ4n) is 1.42. The summed E-state index contributed by atoms with van der Waals surface area (Å²) in [4.78, 5) is 0. The minimum absolute atomic E-state index is 0.0475. The van der Waals surface area contributed by atoms with E-state index in [1.807, 2.05) is 18.2 Å². The maximum atomic E-state index is 8.66. The topological polar surface area (TPSA) is 41.5 Å². The Balaban J connectivity index is 2.67. The zero-order valence-electron chi connectivity index (χ0n) is 10.3. The molecule has 1 aromatic carbocycles. The fraction of sp³-hybridized carbons (Fsp3) is 0.538. The van der Waals surface area contributed by atoms with Crippen molar-refractivity contribution in [3.63, 3.8) is 0 Å². The molecule has 0 saturated heterocycles. The third-order valence-electron chi connectivity index (χ3n) is 2.57. The van der Waals surface area contributed by atoms with Crippen LogP contribution in [0.25, 0.3) is 0 Å². The summed E-state index contributed by atoms with van der Waals surface area (Å²) < 4.78 is 5.34. The van der Waals surface area contributed by atoms with E-state index in [2.05, 4.69) is 26.1 Å². The van der Waals surface area contributed by atoms with Gasteiger partial charge in [0.2, 0.25) is 0 Å². The Kier molecular flexibility index (Phi) is 5.12. The Hall–Kier alpha value is -1.22. The van der Waals surface area contributed by atoms with Gasteiger partial charge in [-0.05, 0) is 44.0 Å². The van der Waals surface area contributed by atoms with Crippen LogP contribution in [0, 0.1) is 6.92 Å². The monoisotopic (exact) mass is 223 g/mol. The predicted molar refractivity (Wildman–Crippen MR) is 67.1 cm³/mol. The number of aryl methyl sites for hydroxylation is 1. The number of aliphatic hydroxyl groups excluding tert-OH is 1. The highest BCUT2D eigenvalue weighted by atomic mass is 16.5. The highest BCUT2D eigenvalue weighted by molar-refractivity contribution is 5.54. The maximum Gasteiger partial charge on any atom is 0.119 e. The Morgan fingerprint density at radius 3 is 2.75 bits per heavy atom. The number of aliphatic hydroxyl groups is 1. The van der Waals surface area contributed by atoms with Gasteiger partial charge in [-0.1, -0.05) is 6.92 Å². The van der Waals surface area contributed by atoms with E-state index in [9.17, 15) is 0 Å². The molecule has 1 atom stereocenters. The van der Waals surface area contributed by atoms with Gasteiger partial charge in [0.15, 0.2) is 0 Å². The molecule has 0 aliphatic rings. The quantitative estimate of drug-likeness (QED) is 0.779. The van der Waals surface area contributed by atoms with Gasteiger partial charge in [-0.3, -0.25) is 0 Å². The van der Waals surface area contributed by atoms with Crippen molar-refractivity contribution in [2.45, 2.75) is 33.2 Å². The average Bonchev–Trinajstić information content (AvgIpc) is 2.29. The molecular weight excluding hydrogens is 202 g/mol. The number of hydrogen-bond donors (Lipinski definition) is 2. The molecule has 1 rings (SSSR count). The Morgan fingerprint density at radius 2 is 2.19 bits per heavy atom. The largest absolute Gasteiger partial charge is 0.491 e. The predicted octanol–water partition coefficient (Wildman–Crippen LogP) is 2.58. The molecule has 0 fully saturated rings. The summed E-state index contributed by atoms with van der Waals surface area (Å²) >= 11 is 0. The van der Waals surface area contributed by atoms with Gasteiger partial charge in [0, 0.05) is 11.7 Å². The maximum absolute atomic E-state index is 8.66. The second kappa shape index (κ2) is 6.38. The molecule has 3 nitrogen and oxygen atoms in total. The van der Waals surface area contributed by atoms with Crippen LogP contribution >= 0.6 is 0 Å². The molecule has 0 aliphatic carbocycles. The molecule has 0 aromatic heterocycles. The fourth-order valence-corrected chi connectivity index (χ4v) is 1.42. The molecule has 0 bridgehead atoms. The van der Waals surface area contributed by atoms with Gasteiger partial charge in [0.1, 0.15) is 12.4 Å². The van der Waals surface area contributed by atoms with Crippen molar-refractivity contribution < 1.29 is 9.84 Å². The molecule has 90 valence electrons. The Morgan fingerprint density at radius 1 is 1.44 bits per heavy atom. The zero-order valence-corrected chi connectivity index (χ0v) is 10.3. The first kappa shape index (κ1) is 12.8. The highest BCUT2D eigenvalue weighted by Gasteiger charge is 2.03. The van der Waals surface area contributed by atoms with Gasteiger partial charge in [-0.15, -0.1) is 0 Å². The van der Waals surface area contributed by atoms with Crippen molar-refractivity contribution in [2.24, 2.45) is 0 Å². The zero-order chi connectivity index (χ0) is 12.0. The summed E-state index contributed by atoms with van der Waals surface area (Å²) in [6, 6.07) is 6.41. The molecule has 2 N–H and O–H groups in total. The van der Waals surface area contributed by atoms with E-state index in [4.69, 9.17) is 9.84 Å². The van der Waals surface area contributed by atoms with Gasteiger partial charge >= 0.3 is 0 Å². The molecule has 1 aromatic rings. The van der Waals surface area contributed by atoms with E-state index in [1.54, 1.807) is 0 Å². The lowest BCUT2D eigenvalue weighted by atomic mass is 10.1. The SMILES string of the molecule is CCC(C)Nc1ccc(OCCO)cc1C.